The van der Waals surface area contributed by atoms with Crippen LogP contribution in [0.2, 0.25) is 0 Å². The van der Waals surface area contributed by atoms with Crippen LogP contribution in [0.3, 0.4) is 0 Å². The molecule has 19 heavy (non-hydrogen) atoms. The first kappa shape index (κ1) is 14.8. The van der Waals surface area contributed by atoms with Crippen molar-refractivity contribution in [3.8, 4) is 0 Å². The highest BCUT2D eigenvalue weighted by atomic mass is 16.3. The van der Waals surface area contributed by atoms with E-state index in [9.17, 15) is 9.90 Å². The van der Waals surface area contributed by atoms with Crippen LogP contribution in [0.1, 0.15) is 57.8 Å². The quantitative estimate of drug-likeness (QED) is 0.680. The lowest BCUT2D eigenvalue weighted by Gasteiger charge is -2.32. The molecule has 0 saturated heterocycles. The van der Waals surface area contributed by atoms with Gasteiger partial charge in [-0.1, -0.05) is 32.1 Å². The maximum atomic E-state index is 12.4. The highest BCUT2D eigenvalue weighted by Gasteiger charge is 2.31. The molecule has 2 saturated carbocycles. The van der Waals surface area contributed by atoms with Crippen LogP contribution in [-0.4, -0.2) is 29.7 Å². The van der Waals surface area contributed by atoms with Crippen molar-refractivity contribution in [3.63, 3.8) is 0 Å². The maximum Gasteiger partial charge on any atom is 0.224 e. The SMILES string of the molecule is NC1CCCCCC1C(=O)NC1CCCCC1CO. The number of aliphatic hydroxyl groups excluding tert-OH is 1. The second kappa shape index (κ2) is 7.25. The van der Waals surface area contributed by atoms with Crippen molar-refractivity contribution in [2.75, 3.05) is 6.61 Å². The van der Waals surface area contributed by atoms with Crippen LogP contribution in [0, 0.1) is 11.8 Å². The topological polar surface area (TPSA) is 75.4 Å². The molecule has 0 spiro atoms. The number of carbonyl (C=O) groups is 1. The van der Waals surface area contributed by atoms with E-state index >= 15 is 0 Å². The number of rotatable bonds is 3. The summed E-state index contributed by atoms with van der Waals surface area (Å²) in [4.78, 5) is 12.4. The van der Waals surface area contributed by atoms with Crippen LogP contribution in [0.25, 0.3) is 0 Å². The number of hydrogen-bond acceptors (Lipinski definition) is 3. The van der Waals surface area contributed by atoms with Gasteiger partial charge in [0.2, 0.25) is 5.91 Å². The Morgan fingerprint density at radius 1 is 1.05 bits per heavy atom. The Morgan fingerprint density at radius 3 is 2.53 bits per heavy atom. The number of carbonyl (C=O) groups excluding carboxylic acids is 1. The maximum absolute atomic E-state index is 12.4. The van der Waals surface area contributed by atoms with Crippen molar-refractivity contribution in [2.45, 2.75) is 69.9 Å². The molecule has 0 bridgehead atoms. The third-order valence-corrected chi connectivity index (χ3v) is 4.88. The summed E-state index contributed by atoms with van der Waals surface area (Å²) >= 11 is 0. The largest absolute Gasteiger partial charge is 0.396 e. The summed E-state index contributed by atoms with van der Waals surface area (Å²) in [7, 11) is 0. The van der Waals surface area contributed by atoms with Gasteiger partial charge in [-0.3, -0.25) is 4.79 Å². The van der Waals surface area contributed by atoms with E-state index < -0.39 is 0 Å². The second-order valence-electron chi connectivity index (χ2n) is 6.25. The molecule has 4 N–H and O–H groups in total. The molecular weight excluding hydrogens is 240 g/mol. The summed E-state index contributed by atoms with van der Waals surface area (Å²) < 4.78 is 0. The summed E-state index contributed by atoms with van der Waals surface area (Å²) in [5.41, 5.74) is 6.14. The Labute approximate surface area is 116 Å². The Morgan fingerprint density at radius 2 is 1.74 bits per heavy atom. The van der Waals surface area contributed by atoms with E-state index in [0.717, 1.165) is 44.9 Å². The summed E-state index contributed by atoms with van der Waals surface area (Å²) in [6.07, 6.45) is 9.68. The molecule has 4 unspecified atom stereocenters. The molecule has 110 valence electrons. The van der Waals surface area contributed by atoms with Crippen LogP contribution in [-0.2, 0) is 4.79 Å². The molecule has 0 aromatic carbocycles. The fourth-order valence-electron chi connectivity index (χ4n) is 3.57. The van der Waals surface area contributed by atoms with Gasteiger partial charge in [-0.2, -0.15) is 0 Å². The lowest BCUT2D eigenvalue weighted by Crippen LogP contribution is -2.49. The molecule has 0 heterocycles. The Hall–Kier alpha value is -0.610. The van der Waals surface area contributed by atoms with Crippen LogP contribution in [0.15, 0.2) is 0 Å². The minimum absolute atomic E-state index is 0.0127. The van der Waals surface area contributed by atoms with E-state index in [1.807, 2.05) is 0 Å². The van der Waals surface area contributed by atoms with Gasteiger partial charge < -0.3 is 16.2 Å². The average Bonchev–Trinajstić information content (AvgIpc) is 2.64. The fraction of sp³-hybridized carbons (Fsp3) is 0.933. The Kier molecular flexibility index (Phi) is 5.64. The molecule has 4 atom stereocenters. The van der Waals surface area contributed by atoms with Crippen LogP contribution in [0.4, 0.5) is 0 Å². The smallest absolute Gasteiger partial charge is 0.224 e. The molecule has 1 amide bonds. The Balaban J connectivity index is 1.91. The van der Waals surface area contributed by atoms with Crippen molar-refractivity contribution in [1.29, 1.82) is 0 Å². The first-order valence-corrected chi connectivity index (χ1v) is 7.89. The average molecular weight is 268 g/mol. The third-order valence-electron chi connectivity index (χ3n) is 4.88. The summed E-state index contributed by atoms with van der Waals surface area (Å²) in [6, 6.07) is 0.167. The molecule has 2 fully saturated rings. The predicted octanol–water partition coefficient (Wildman–Crippen LogP) is 1.56. The van der Waals surface area contributed by atoms with Crippen molar-refractivity contribution in [2.24, 2.45) is 17.6 Å². The molecule has 0 aromatic rings. The van der Waals surface area contributed by atoms with E-state index in [1.54, 1.807) is 0 Å². The van der Waals surface area contributed by atoms with Crippen LogP contribution >= 0.6 is 0 Å². The van der Waals surface area contributed by atoms with Gasteiger partial charge in [-0.05, 0) is 25.7 Å². The first-order valence-electron chi connectivity index (χ1n) is 7.89. The lowest BCUT2D eigenvalue weighted by molar-refractivity contribution is -0.127. The van der Waals surface area contributed by atoms with Crippen LogP contribution < -0.4 is 11.1 Å². The van der Waals surface area contributed by atoms with Gasteiger partial charge in [0.15, 0.2) is 0 Å². The van der Waals surface area contributed by atoms with Crippen molar-refractivity contribution >= 4 is 5.91 Å². The molecule has 2 aliphatic carbocycles. The predicted molar refractivity (Wildman–Crippen MR) is 75.5 cm³/mol. The number of hydrogen-bond donors (Lipinski definition) is 3. The van der Waals surface area contributed by atoms with Gasteiger partial charge in [-0.15, -0.1) is 0 Å². The van der Waals surface area contributed by atoms with Crippen molar-refractivity contribution in [1.82, 2.24) is 5.32 Å². The third kappa shape index (κ3) is 3.93. The van der Waals surface area contributed by atoms with Crippen LogP contribution in [0.5, 0.6) is 0 Å². The van der Waals surface area contributed by atoms with Gasteiger partial charge in [0.05, 0.1) is 5.92 Å². The monoisotopic (exact) mass is 268 g/mol. The first-order chi connectivity index (χ1) is 9.22. The zero-order valence-corrected chi connectivity index (χ0v) is 11.8. The van der Waals surface area contributed by atoms with Gasteiger partial charge in [0.25, 0.3) is 0 Å². The standard InChI is InChI=1S/C15H28N2O2/c16-13-8-3-1-2-7-12(13)15(19)17-14-9-5-4-6-11(14)10-18/h11-14,18H,1-10,16H2,(H,17,19). The fourth-order valence-corrected chi connectivity index (χ4v) is 3.57. The van der Waals surface area contributed by atoms with Crippen molar-refractivity contribution in [3.05, 3.63) is 0 Å². The zero-order valence-electron chi connectivity index (χ0n) is 11.8. The van der Waals surface area contributed by atoms with Crippen molar-refractivity contribution < 1.29 is 9.90 Å². The molecule has 2 aliphatic rings. The molecule has 0 radical (unpaired) electrons. The molecule has 4 heteroatoms. The van der Waals surface area contributed by atoms with E-state index in [2.05, 4.69) is 5.32 Å². The minimum Gasteiger partial charge on any atom is -0.396 e. The molecule has 4 nitrogen and oxygen atoms in total. The molecule has 2 rings (SSSR count). The number of aliphatic hydroxyl groups is 1. The van der Waals surface area contributed by atoms with E-state index in [1.165, 1.54) is 12.8 Å². The lowest BCUT2D eigenvalue weighted by atomic mass is 9.84. The van der Waals surface area contributed by atoms with Gasteiger partial charge >= 0.3 is 0 Å². The highest BCUT2D eigenvalue weighted by Crippen LogP contribution is 2.26. The molecule has 0 aromatic heterocycles. The Bertz CT molecular complexity index is 296. The van der Waals surface area contributed by atoms with E-state index in [4.69, 9.17) is 5.73 Å². The normalized spacial score (nSPS) is 36.5. The second-order valence-corrected chi connectivity index (χ2v) is 6.25. The van der Waals surface area contributed by atoms with E-state index in [0.29, 0.717) is 0 Å². The molecule has 0 aliphatic heterocycles. The summed E-state index contributed by atoms with van der Waals surface area (Å²) in [5, 5.41) is 12.6. The van der Waals surface area contributed by atoms with Gasteiger partial charge in [0.1, 0.15) is 0 Å². The zero-order chi connectivity index (χ0) is 13.7. The number of amides is 1. The molecular formula is C15H28N2O2. The summed E-state index contributed by atoms with van der Waals surface area (Å²) in [5.74, 6) is 0.336. The van der Waals surface area contributed by atoms with E-state index in [-0.39, 0.29) is 36.4 Å². The number of nitrogens with one attached hydrogen (secondary N) is 1. The van der Waals surface area contributed by atoms with Gasteiger partial charge in [0, 0.05) is 24.6 Å². The van der Waals surface area contributed by atoms with Gasteiger partial charge in [-0.25, -0.2) is 0 Å². The summed E-state index contributed by atoms with van der Waals surface area (Å²) in [6.45, 7) is 0.182. The highest BCUT2D eigenvalue weighted by molar-refractivity contribution is 5.79. The minimum atomic E-state index is -0.0243. The number of nitrogens with two attached hydrogens (primary N) is 1.